The van der Waals surface area contributed by atoms with Crippen LogP contribution in [0, 0.1) is 50.2 Å². The fraction of sp³-hybridized carbons (Fsp3) is 0.908. The van der Waals surface area contributed by atoms with E-state index in [1.54, 1.807) is 6.92 Å². The van der Waals surface area contributed by atoms with Crippen LogP contribution in [0.25, 0.3) is 0 Å². The Kier molecular flexibility index (Phi) is 23.8. The molecule has 5 aliphatic heterocycles. The van der Waals surface area contributed by atoms with E-state index in [1.165, 1.54) is 0 Å². The minimum absolute atomic E-state index is 0.00511. The standard InChI is InChI=1S/C65H102O35/c1-60(2)13-14-65(26(17-60)25-7-8-32-61(3)11-10-34(69)64(6,58(87)88)33(61)9-12-62(32,4)63(25,5)18-35(65)70)59(89)100-57-50(86)52(41(77)30(96-57)22-91-54-47(83)44(80)40(76)29(95-54)21-90-37(73)16-24(68)15-36(71)72)99-56-49(85)45(81)51(98-55-48(84)43(79)39(75)28(20-67)94-55)31(97-56)23-92-53-46(82)42(78)38(74)27(19-66)93-53/h7,24,26-35,38-57,66-70,74-86H,8-23H2,1-6H3,(H,71,72)(H,87,88)/t24-,26+,27-,28-,29-,30-,31-,32-,33-,34+,35-,38+,39-,40-,41-,42+,43+,44+,45-,46-,47-,48+,49-,50-,51-,52+,53+,54-,55-,56+,57+,61-,62-,63-,64+,65-/m1/s1. The highest BCUT2D eigenvalue weighted by Gasteiger charge is 2.73. The molecule has 0 aromatic rings. The second-order valence-corrected chi connectivity index (χ2v) is 31.0. The zero-order valence-corrected chi connectivity index (χ0v) is 56.4. The van der Waals surface area contributed by atoms with E-state index in [4.69, 9.17) is 57.2 Å². The largest absolute Gasteiger partial charge is 0.481 e. The van der Waals surface area contributed by atoms with Crippen molar-refractivity contribution in [3.05, 3.63) is 11.6 Å². The van der Waals surface area contributed by atoms with E-state index in [0.29, 0.717) is 38.5 Å². The second-order valence-electron chi connectivity index (χ2n) is 31.0. The number of hydrogen-bond donors (Lipinski definition) is 20. The fourth-order valence-corrected chi connectivity index (χ4v) is 18.5. The Morgan fingerprint density at radius 2 is 1.02 bits per heavy atom. The van der Waals surface area contributed by atoms with Crippen molar-refractivity contribution >= 4 is 23.9 Å². The summed E-state index contributed by atoms with van der Waals surface area (Å²) < 4.78 is 64.2. The number of aliphatic hydroxyl groups is 18. The highest BCUT2D eigenvalue weighted by molar-refractivity contribution is 5.80. The molecule has 5 heterocycles. The Bertz CT molecular complexity index is 2900. The Hall–Kier alpha value is -3.46. The highest BCUT2D eigenvalue weighted by atomic mass is 16.8. The number of fused-ring (bicyclic) bond motifs is 7. The van der Waals surface area contributed by atoms with Crippen LogP contribution < -0.4 is 0 Å². The highest BCUT2D eigenvalue weighted by Crippen LogP contribution is 2.76. The molecule has 0 bridgehead atoms. The van der Waals surface area contributed by atoms with Gasteiger partial charge in [-0.25, -0.2) is 0 Å². The fourth-order valence-electron chi connectivity index (χ4n) is 18.5. The van der Waals surface area contributed by atoms with Gasteiger partial charge in [0.2, 0.25) is 6.29 Å². The number of rotatable bonds is 21. The van der Waals surface area contributed by atoms with Gasteiger partial charge in [-0.2, -0.15) is 0 Å². The van der Waals surface area contributed by atoms with Crippen LogP contribution in [0.1, 0.15) is 112 Å². The van der Waals surface area contributed by atoms with Gasteiger partial charge in [-0.3, -0.25) is 19.2 Å². The van der Waals surface area contributed by atoms with Gasteiger partial charge < -0.3 is 154 Å². The molecule has 0 spiro atoms. The summed E-state index contributed by atoms with van der Waals surface area (Å²) in [4.78, 5) is 52.6. The smallest absolute Gasteiger partial charge is 0.317 e. The molecule has 0 aromatic heterocycles. The third-order valence-electron chi connectivity index (χ3n) is 24.7. The van der Waals surface area contributed by atoms with Crippen LogP contribution >= 0.6 is 0 Å². The van der Waals surface area contributed by atoms with Crippen molar-refractivity contribution in [3.8, 4) is 0 Å². The number of carboxylic acids is 2. The lowest BCUT2D eigenvalue weighted by Crippen LogP contribution is -2.69. The van der Waals surface area contributed by atoms with Crippen LogP contribution in [0.5, 0.6) is 0 Å². The number of esters is 2. The summed E-state index contributed by atoms with van der Waals surface area (Å²) in [5, 5.41) is 220. The summed E-state index contributed by atoms with van der Waals surface area (Å²) >= 11 is 0. The molecule has 0 amide bonds. The second kappa shape index (κ2) is 30.1. The minimum atomic E-state index is -2.38. The number of carboxylic acid groups (broad SMARTS) is 2. The predicted octanol–water partition coefficient (Wildman–Crippen LogP) is -6.40. The maximum atomic E-state index is 15.9. The summed E-state index contributed by atoms with van der Waals surface area (Å²) in [6, 6.07) is 0. The molecule has 4 saturated carbocycles. The lowest BCUT2D eigenvalue weighted by atomic mass is 9.33. The van der Waals surface area contributed by atoms with Crippen molar-refractivity contribution in [1.82, 2.24) is 0 Å². The molecule has 10 rings (SSSR count). The summed E-state index contributed by atoms with van der Waals surface area (Å²) in [6.45, 7) is 7.30. The lowest BCUT2D eigenvalue weighted by Gasteiger charge is -2.71. The molecule has 0 aromatic carbocycles. The number of hydrogen-bond acceptors (Lipinski definition) is 33. The first-order valence-corrected chi connectivity index (χ1v) is 34.2. The summed E-state index contributed by atoms with van der Waals surface area (Å²) in [5.74, 6) is -6.04. The molecule has 100 heavy (non-hydrogen) atoms. The Balaban J connectivity index is 0.962. The van der Waals surface area contributed by atoms with Crippen molar-refractivity contribution in [2.75, 3.05) is 33.0 Å². The molecule has 0 unspecified atom stereocenters. The third kappa shape index (κ3) is 14.1. The van der Waals surface area contributed by atoms with Gasteiger partial charge in [0.15, 0.2) is 25.2 Å². The van der Waals surface area contributed by atoms with Crippen molar-refractivity contribution in [1.29, 1.82) is 0 Å². The van der Waals surface area contributed by atoms with Crippen LogP contribution in [0.2, 0.25) is 0 Å². The Labute approximate surface area is 574 Å². The molecule has 36 atom stereocenters. The first-order chi connectivity index (χ1) is 46.8. The Morgan fingerprint density at radius 1 is 0.510 bits per heavy atom. The molecule has 5 saturated heterocycles. The van der Waals surface area contributed by atoms with Crippen LogP contribution in [0.4, 0.5) is 0 Å². The van der Waals surface area contributed by atoms with E-state index in [0.717, 1.165) is 5.57 Å². The average molecular weight is 1440 g/mol. The molecular formula is C65H102O35. The molecule has 572 valence electrons. The minimum Gasteiger partial charge on any atom is -0.481 e. The molecular weight excluding hydrogens is 1340 g/mol. The number of ether oxygens (including phenoxy) is 11. The Morgan fingerprint density at radius 3 is 1.60 bits per heavy atom. The van der Waals surface area contributed by atoms with Crippen LogP contribution in [-0.2, 0) is 71.3 Å². The van der Waals surface area contributed by atoms with E-state index < -0.39 is 286 Å². The van der Waals surface area contributed by atoms with Gasteiger partial charge in [0.1, 0.15) is 134 Å². The van der Waals surface area contributed by atoms with Crippen LogP contribution in [-0.4, -0.2) is 331 Å². The SMILES string of the molecule is CC1(C)CC[C@]2(C(=O)O[C@@H]3O[C@H](CO[C@@H]4O[C@H](COC(=O)C[C@H](O)CC(=O)O)[C@@H](O)[C@H](O)[C@H]4O)[C@@H](O)[C@H](O[C@@H]4O[C@H](CO[C@H]5O[C@H](CO)[C@H](O)[C@H](O)[C@H]5O)[C@@H](O[C@H]5O[C@H](CO)[C@@H](O)[C@H](O)[C@@H]5O)[C@H](O)[C@H]4O)[C@H]3O)[C@H](O)C[C@]3(C)C(=CC[C@@H]4[C@@]5(C)CC[C@H](O)[C@@](C)(C(=O)O)[C@@H]5CC[C@]43C)[C@@H]2C1. The molecule has 20 N–H and O–H groups in total. The number of aliphatic hydroxyl groups excluding tert-OH is 18. The number of allylic oxidation sites excluding steroid dienone is 2. The average Bonchev–Trinajstić information content (AvgIpc) is 0.671. The van der Waals surface area contributed by atoms with Gasteiger partial charge in [-0.1, -0.05) is 46.3 Å². The summed E-state index contributed by atoms with van der Waals surface area (Å²) in [6.07, 6.45) is -51.7. The molecule has 0 radical (unpaired) electrons. The summed E-state index contributed by atoms with van der Waals surface area (Å²) in [7, 11) is 0. The number of carbonyl (C=O) groups excluding carboxylic acids is 2. The van der Waals surface area contributed by atoms with Gasteiger partial charge >= 0.3 is 23.9 Å². The first-order valence-electron chi connectivity index (χ1n) is 34.2. The van der Waals surface area contributed by atoms with Crippen LogP contribution in [0.15, 0.2) is 11.6 Å². The van der Waals surface area contributed by atoms with E-state index in [9.17, 15) is 111 Å². The molecule has 35 heteroatoms. The van der Waals surface area contributed by atoms with E-state index in [2.05, 4.69) is 26.8 Å². The first kappa shape index (κ1) is 79.1. The molecule has 9 fully saturated rings. The summed E-state index contributed by atoms with van der Waals surface area (Å²) in [5.41, 5.74) is -4.81. The van der Waals surface area contributed by atoms with E-state index in [-0.39, 0.29) is 25.2 Å². The van der Waals surface area contributed by atoms with Gasteiger partial charge in [-0.05, 0) is 104 Å². The van der Waals surface area contributed by atoms with Crippen LogP contribution in [0.3, 0.4) is 0 Å². The van der Waals surface area contributed by atoms with Crippen molar-refractivity contribution in [3.63, 3.8) is 0 Å². The molecule has 5 aliphatic carbocycles. The predicted molar refractivity (Wildman–Crippen MR) is 326 cm³/mol. The van der Waals surface area contributed by atoms with Gasteiger partial charge in [0.05, 0.1) is 63.0 Å². The maximum Gasteiger partial charge on any atom is 0.317 e. The maximum absolute atomic E-state index is 15.9. The van der Waals surface area contributed by atoms with Crippen molar-refractivity contribution < 1.29 is 173 Å². The van der Waals surface area contributed by atoms with Gasteiger partial charge in [0, 0.05) is 0 Å². The van der Waals surface area contributed by atoms with Crippen molar-refractivity contribution in [2.45, 2.75) is 284 Å². The molecule has 10 aliphatic rings. The van der Waals surface area contributed by atoms with Gasteiger partial charge in [0.25, 0.3) is 0 Å². The number of carbonyl (C=O) groups is 4. The van der Waals surface area contributed by atoms with E-state index >= 15 is 4.79 Å². The normalized spacial score (nSPS) is 50.4. The van der Waals surface area contributed by atoms with Crippen molar-refractivity contribution in [2.24, 2.45) is 50.2 Å². The number of aliphatic carboxylic acids is 2. The van der Waals surface area contributed by atoms with Gasteiger partial charge in [-0.15, -0.1) is 0 Å². The quantitative estimate of drug-likeness (QED) is 0.0375. The topological polar surface area (TPSA) is 574 Å². The zero-order chi connectivity index (χ0) is 73.6. The molecule has 35 nitrogen and oxygen atoms in total. The zero-order valence-electron chi connectivity index (χ0n) is 56.4. The van der Waals surface area contributed by atoms with E-state index in [1.807, 2.05) is 13.8 Å². The lowest BCUT2D eigenvalue weighted by molar-refractivity contribution is -0.385. The third-order valence-corrected chi connectivity index (χ3v) is 24.7. The monoisotopic (exact) mass is 1440 g/mol.